The van der Waals surface area contributed by atoms with Gasteiger partial charge in [-0.25, -0.2) is 0 Å². The Morgan fingerprint density at radius 2 is 2.00 bits per heavy atom. The average Bonchev–Trinajstić information content (AvgIpc) is 2.91. The molecular formula is C18H16Cl2N2O2. The van der Waals surface area contributed by atoms with Crippen molar-refractivity contribution in [1.82, 2.24) is 4.98 Å². The van der Waals surface area contributed by atoms with Gasteiger partial charge >= 0.3 is 0 Å². The number of hydrogen-bond donors (Lipinski definition) is 1. The van der Waals surface area contributed by atoms with E-state index in [-0.39, 0.29) is 11.7 Å². The number of rotatable bonds is 5. The lowest BCUT2D eigenvalue weighted by Gasteiger charge is -2.08. The second-order valence-electron chi connectivity index (χ2n) is 5.87. The van der Waals surface area contributed by atoms with Gasteiger partial charge < -0.3 is 9.73 Å². The molecule has 0 radical (unpaired) electrons. The number of hydrogen-bond acceptors (Lipinski definition) is 4. The van der Waals surface area contributed by atoms with E-state index in [9.17, 15) is 4.79 Å². The van der Waals surface area contributed by atoms with Crippen LogP contribution in [-0.4, -0.2) is 10.8 Å². The fourth-order valence-corrected chi connectivity index (χ4v) is 2.65. The van der Waals surface area contributed by atoms with Crippen LogP contribution in [0.1, 0.15) is 19.4 Å². The summed E-state index contributed by atoms with van der Waals surface area (Å²) in [5.41, 5.74) is 2.85. The molecule has 1 N–H and O–H groups in total. The summed E-state index contributed by atoms with van der Waals surface area (Å²) in [5.74, 6) is 0.191. The van der Waals surface area contributed by atoms with E-state index in [1.807, 2.05) is 26.0 Å². The molecule has 0 fully saturated rings. The van der Waals surface area contributed by atoms with Gasteiger partial charge in [-0.15, -0.1) is 0 Å². The minimum absolute atomic E-state index is 0.00755. The van der Waals surface area contributed by atoms with Crippen LogP contribution in [0, 0.1) is 5.92 Å². The summed E-state index contributed by atoms with van der Waals surface area (Å²) in [6.07, 6.45) is 0.374. The predicted octanol–water partition coefficient (Wildman–Crippen LogP) is 5.65. The van der Waals surface area contributed by atoms with Crippen LogP contribution >= 0.6 is 23.2 Å². The number of halogens is 2. The standard InChI is InChI=1S/C18H16Cl2N2O2/c1-10(2)16(23)8-11-3-5-14(13(20)7-11)21-18-22-15-6-4-12(19)9-17(15)24-18/h3-7,9-10H,8H2,1-2H3,(H,21,22). The number of anilines is 2. The van der Waals surface area contributed by atoms with Gasteiger partial charge in [0, 0.05) is 23.4 Å². The average molecular weight is 363 g/mol. The first-order chi connectivity index (χ1) is 11.4. The zero-order valence-electron chi connectivity index (χ0n) is 13.3. The number of aromatic nitrogens is 1. The second kappa shape index (κ2) is 6.83. The topological polar surface area (TPSA) is 55.1 Å². The Bertz CT molecular complexity index is 903. The van der Waals surface area contributed by atoms with Gasteiger partial charge in [0.25, 0.3) is 6.01 Å². The first-order valence-corrected chi connectivity index (χ1v) is 8.32. The van der Waals surface area contributed by atoms with E-state index in [1.165, 1.54) is 0 Å². The fraction of sp³-hybridized carbons (Fsp3) is 0.222. The summed E-state index contributed by atoms with van der Waals surface area (Å²) < 4.78 is 5.61. The van der Waals surface area contributed by atoms with Crippen molar-refractivity contribution in [2.45, 2.75) is 20.3 Å². The van der Waals surface area contributed by atoms with E-state index < -0.39 is 0 Å². The van der Waals surface area contributed by atoms with E-state index in [1.54, 1.807) is 24.3 Å². The molecule has 0 amide bonds. The van der Waals surface area contributed by atoms with Gasteiger partial charge in [0.2, 0.25) is 0 Å². The third kappa shape index (κ3) is 3.71. The molecular weight excluding hydrogens is 347 g/mol. The monoisotopic (exact) mass is 362 g/mol. The Balaban J connectivity index is 1.80. The lowest BCUT2D eigenvalue weighted by Crippen LogP contribution is -2.10. The summed E-state index contributed by atoms with van der Waals surface area (Å²) in [6, 6.07) is 11.0. The van der Waals surface area contributed by atoms with Gasteiger partial charge in [-0.1, -0.05) is 43.1 Å². The van der Waals surface area contributed by atoms with Crippen LogP contribution in [-0.2, 0) is 11.2 Å². The molecule has 0 saturated carbocycles. The molecule has 2 aromatic carbocycles. The minimum Gasteiger partial charge on any atom is -0.423 e. The van der Waals surface area contributed by atoms with Crippen molar-refractivity contribution in [3.63, 3.8) is 0 Å². The van der Waals surface area contributed by atoms with Crippen LogP contribution < -0.4 is 5.32 Å². The van der Waals surface area contributed by atoms with Crippen LogP contribution in [0.15, 0.2) is 40.8 Å². The number of nitrogens with one attached hydrogen (secondary N) is 1. The number of fused-ring (bicyclic) bond motifs is 1. The first kappa shape index (κ1) is 16.8. The molecule has 0 saturated heterocycles. The molecule has 24 heavy (non-hydrogen) atoms. The van der Waals surface area contributed by atoms with Crippen molar-refractivity contribution in [3.8, 4) is 0 Å². The molecule has 6 heteroatoms. The van der Waals surface area contributed by atoms with E-state index in [0.717, 1.165) is 5.56 Å². The highest BCUT2D eigenvalue weighted by atomic mass is 35.5. The number of Topliss-reactive ketones (excluding diaryl/α,β-unsaturated/α-hetero) is 1. The summed E-state index contributed by atoms with van der Waals surface area (Å²) in [6.45, 7) is 3.78. The minimum atomic E-state index is 0.00755. The van der Waals surface area contributed by atoms with Gasteiger partial charge in [0.1, 0.15) is 11.3 Å². The molecule has 4 nitrogen and oxygen atoms in total. The molecule has 0 atom stereocenters. The molecule has 0 bridgehead atoms. The number of nitrogens with zero attached hydrogens (tertiary/aromatic N) is 1. The number of carbonyl (C=O) groups is 1. The van der Waals surface area contributed by atoms with E-state index >= 15 is 0 Å². The number of ketones is 1. The molecule has 0 aliphatic heterocycles. The lowest BCUT2D eigenvalue weighted by molar-refractivity contribution is -0.121. The summed E-state index contributed by atoms with van der Waals surface area (Å²) in [4.78, 5) is 16.2. The van der Waals surface area contributed by atoms with E-state index in [2.05, 4.69) is 10.3 Å². The molecule has 0 unspecified atom stereocenters. The zero-order chi connectivity index (χ0) is 17.3. The maximum absolute atomic E-state index is 11.8. The maximum Gasteiger partial charge on any atom is 0.300 e. The molecule has 1 heterocycles. The van der Waals surface area contributed by atoms with Crippen LogP contribution in [0.2, 0.25) is 10.0 Å². The van der Waals surface area contributed by atoms with Crippen LogP contribution in [0.3, 0.4) is 0 Å². The summed E-state index contributed by atoms with van der Waals surface area (Å²) >= 11 is 12.2. The van der Waals surface area contributed by atoms with Crippen molar-refractivity contribution >= 4 is 51.8 Å². The van der Waals surface area contributed by atoms with Gasteiger partial charge in [-0.3, -0.25) is 4.79 Å². The van der Waals surface area contributed by atoms with Gasteiger partial charge in [0.15, 0.2) is 5.58 Å². The number of oxazole rings is 1. The Kier molecular flexibility index (Phi) is 4.78. The van der Waals surface area contributed by atoms with E-state index in [0.29, 0.717) is 39.3 Å². The molecule has 1 aromatic heterocycles. The smallest absolute Gasteiger partial charge is 0.300 e. The van der Waals surface area contributed by atoms with Crippen LogP contribution in [0.25, 0.3) is 11.1 Å². The van der Waals surface area contributed by atoms with Crippen LogP contribution in [0.5, 0.6) is 0 Å². The SMILES string of the molecule is CC(C)C(=O)Cc1ccc(Nc2nc3ccc(Cl)cc3o2)c(Cl)c1. The van der Waals surface area contributed by atoms with Gasteiger partial charge in [0.05, 0.1) is 10.7 Å². The first-order valence-electron chi connectivity index (χ1n) is 7.56. The van der Waals surface area contributed by atoms with Crippen LogP contribution in [0.4, 0.5) is 11.7 Å². The highest BCUT2D eigenvalue weighted by Crippen LogP contribution is 2.29. The second-order valence-corrected chi connectivity index (χ2v) is 6.71. The predicted molar refractivity (Wildman–Crippen MR) is 97.3 cm³/mol. The molecule has 124 valence electrons. The van der Waals surface area contributed by atoms with E-state index in [4.69, 9.17) is 27.6 Å². The highest BCUT2D eigenvalue weighted by Gasteiger charge is 2.12. The van der Waals surface area contributed by atoms with Gasteiger partial charge in [-0.05, 0) is 29.8 Å². The molecule has 0 spiro atoms. The lowest BCUT2D eigenvalue weighted by atomic mass is 10.0. The Morgan fingerprint density at radius 3 is 2.71 bits per heavy atom. The Labute approximate surface area is 149 Å². The van der Waals surface area contributed by atoms with Crippen molar-refractivity contribution in [3.05, 3.63) is 52.0 Å². The summed E-state index contributed by atoms with van der Waals surface area (Å²) in [7, 11) is 0. The molecule has 3 aromatic rings. The summed E-state index contributed by atoms with van der Waals surface area (Å²) in [5, 5.41) is 4.14. The Morgan fingerprint density at radius 1 is 1.21 bits per heavy atom. The number of benzene rings is 2. The molecule has 0 aliphatic rings. The maximum atomic E-state index is 11.8. The molecule has 3 rings (SSSR count). The van der Waals surface area contributed by atoms with Crippen molar-refractivity contribution in [2.24, 2.45) is 5.92 Å². The normalized spacial score (nSPS) is 11.2. The van der Waals surface area contributed by atoms with Crippen molar-refractivity contribution in [2.75, 3.05) is 5.32 Å². The fourth-order valence-electron chi connectivity index (χ4n) is 2.24. The Hall–Kier alpha value is -2.04. The largest absolute Gasteiger partial charge is 0.423 e. The van der Waals surface area contributed by atoms with Gasteiger partial charge in [-0.2, -0.15) is 4.98 Å². The number of carbonyl (C=O) groups excluding carboxylic acids is 1. The van der Waals surface area contributed by atoms with Crippen molar-refractivity contribution in [1.29, 1.82) is 0 Å². The third-order valence-corrected chi connectivity index (χ3v) is 4.20. The highest BCUT2D eigenvalue weighted by molar-refractivity contribution is 6.33. The quantitative estimate of drug-likeness (QED) is 0.637. The van der Waals surface area contributed by atoms with Crippen molar-refractivity contribution < 1.29 is 9.21 Å². The molecule has 0 aliphatic carbocycles. The zero-order valence-corrected chi connectivity index (χ0v) is 14.8. The third-order valence-electron chi connectivity index (χ3n) is 3.65.